The lowest BCUT2D eigenvalue weighted by Gasteiger charge is -2.09. The minimum Gasteiger partial charge on any atom is -0.497 e. The van der Waals surface area contributed by atoms with Crippen LogP contribution < -0.4 is 14.8 Å². The highest BCUT2D eigenvalue weighted by atomic mass is 32.1. The highest BCUT2D eigenvalue weighted by molar-refractivity contribution is 7.16. The molecule has 0 bridgehead atoms. The zero-order valence-electron chi connectivity index (χ0n) is 15.7. The number of thiophene rings is 1. The molecular formula is C19H21N3O4S. The van der Waals surface area contributed by atoms with Crippen molar-refractivity contribution in [1.82, 2.24) is 10.1 Å². The molecule has 1 aromatic carbocycles. The predicted octanol–water partition coefficient (Wildman–Crippen LogP) is 3.87. The van der Waals surface area contributed by atoms with Gasteiger partial charge in [0.05, 0.1) is 31.2 Å². The molecule has 0 spiro atoms. The highest BCUT2D eigenvalue weighted by Gasteiger charge is 2.15. The number of aromatic nitrogens is 2. The van der Waals surface area contributed by atoms with E-state index in [2.05, 4.69) is 15.5 Å². The van der Waals surface area contributed by atoms with Gasteiger partial charge in [0.15, 0.2) is 0 Å². The molecular weight excluding hydrogens is 366 g/mol. The van der Waals surface area contributed by atoms with Gasteiger partial charge in [0.2, 0.25) is 17.6 Å². The van der Waals surface area contributed by atoms with E-state index < -0.39 is 0 Å². The fraction of sp³-hybridized carbons (Fsp3) is 0.316. The van der Waals surface area contributed by atoms with Crippen molar-refractivity contribution in [3.8, 4) is 22.2 Å². The van der Waals surface area contributed by atoms with E-state index in [1.807, 2.05) is 32.0 Å². The number of carbonyl (C=O) groups excluding carboxylic acids is 1. The van der Waals surface area contributed by atoms with E-state index in [-0.39, 0.29) is 12.3 Å². The number of hydrogen-bond donors (Lipinski definition) is 1. The van der Waals surface area contributed by atoms with Crippen molar-refractivity contribution >= 4 is 22.9 Å². The normalized spacial score (nSPS) is 10.7. The highest BCUT2D eigenvalue weighted by Crippen LogP contribution is 2.33. The van der Waals surface area contributed by atoms with E-state index in [1.165, 1.54) is 11.3 Å². The second kappa shape index (κ2) is 8.22. The lowest BCUT2D eigenvalue weighted by Crippen LogP contribution is -2.14. The van der Waals surface area contributed by atoms with Crippen LogP contribution in [0.2, 0.25) is 0 Å². The second-order valence-corrected chi connectivity index (χ2v) is 7.15. The molecule has 0 aliphatic carbocycles. The molecule has 0 unspecified atom stereocenters. The van der Waals surface area contributed by atoms with E-state index in [9.17, 15) is 4.79 Å². The first kappa shape index (κ1) is 18.9. The topological polar surface area (TPSA) is 86.5 Å². The maximum Gasteiger partial charge on any atom is 0.228 e. The van der Waals surface area contributed by atoms with Crippen LogP contribution in [0, 0.1) is 6.92 Å². The average Bonchev–Trinajstić information content (AvgIpc) is 3.28. The third-order valence-electron chi connectivity index (χ3n) is 3.96. The molecule has 142 valence electrons. The van der Waals surface area contributed by atoms with Gasteiger partial charge < -0.3 is 19.3 Å². The summed E-state index contributed by atoms with van der Waals surface area (Å²) in [5, 5.41) is 6.93. The summed E-state index contributed by atoms with van der Waals surface area (Å²) in [6, 6.07) is 7.28. The summed E-state index contributed by atoms with van der Waals surface area (Å²) in [5.74, 6) is 2.30. The Balaban J connectivity index is 1.73. The van der Waals surface area contributed by atoms with Crippen molar-refractivity contribution in [3.05, 3.63) is 40.6 Å². The Morgan fingerprint density at radius 2 is 1.89 bits per heavy atom. The molecule has 1 amide bonds. The molecule has 2 heterocycles. The number of methoxy groups -OCH3 is 2. The molecule has 1 N–H and O–H groups in total. The van der Waals surface area contributed by atoms with Gasteiger partial charge in [-0.1, -0.05) is 12.1 Å². The summed E-state index contributed by atoms with van der Waals surface area (Å²) in [6.07, 6.45) is 0.894. The number of benzene rings is 1. The quantitative estimate of drug-likeness (QED) is 0.662. The van der Waals surface area contributed by atoms with Crippen LogP contribution in [-0.4, -0.2) is 30.3 Å². The molecule has 0 atom stereocenters. The number of amides is 1. The number of ether oxygens (including phenoxy) is 2. The summed E-state index contributed by atoms with van der Waals surface area (Å²) in [6.45, 7) is 3.90. The van der Waals surface area contributed by atoms with Crippen molar-refractivity contribution in [1.29, 1.82) is 0 Å². The molecule has 8 heteroatoms. The third-order valence-corrected chi connectivity index (χ3v) is 5.01. The number of carbonyl (C=O) groups is 1. The zero-order valence-corrected chi connectivity index (χ0v) is 16.5. The second-order valence-electron chi connectivity index (χ2n) is 5.89. The lowest BCUT2D eigenvalue weighted by molar-refractivity contribution is -0.115. The number of aryl methyl sites for hydroxylation is 2. The molecule has 2 aromatic heterocycles. The Morgan fingerprint density at radius 3 is 2.48 bits per heavy atom. The van der Waals surface area contributed by atoms with Gasteiger partial charge in [0.1, 0.15) is 11.5 Å². The molecule has 0 radical (unpaired) electrons. The number of hydrogen-bond acceptors (Lipinski definition) is 7. The van der Waals surface area contributed by atoms with E-state index in [1.54, 1.807) is 20.3 Å². The van der Waals surface area contributed by atoms with Crippen LogP contribution in [0.3, 0.4) is 0 Å². The molecule has 27 heavy (non-hydrogen) atoms. The molecule has 0 saturated heterocycles. The molecule has 3 aromatic rings. The molecule has 0 aliphatic heterocycles. The SMILES string of the molecule is CCc1nc(-c2cc(NC(=O)Cc3cc(OC)cc(OC)c3)c(C)s2)no1. The molecule has 0 fully saturated rings. The minimum atomic E-state index is -0.125. The van der Waals surface area contributed by atoms with Crippen molar-refractivity contribution in [2.24, 2.45) is 0 Å². The van der Waals surface area contributed by atoms with Gasteiger partial charge in [-0.3, -0.25) is 4.79 Å². The van der Waals surface area contributed by atoms with Gasteiger partial charge in [-0.25, -0.2) is 0 Å². The van der Waals surface area contributed by atoms with Gasteiger partial charge >= 0.3 is 0 Å². The third kappa shape index (κ3) is 4.46. The molecule has 7 nitrogen and oxygen atoms in total. The van der Waals surface area contributed by atoms with Crippen molar-refractivity contribution < 1.29 is 18.8 Å². The van der Waals surface area contributed by atoms with Crippen molar-refractivity contribution in [3.63, 3.8) is 0 Å². The van der Waals surface area contributed by atoms with E-state index in [4.69, 9.17) is 14.0 Å². The number of nitrogens with one attached hydrogen (secondary N) is 1. The average molecular weight is 387 g/mol. The maximum atomic E-state index is 12.5. The van der Waals surface area contributed by atoms with E-state index >= 15 is 0 Å². The largest absolute Gasteiger partial charge is 0.497 e. The Bertz CT molecular complexity index is 926. The zero-order chi connectivity index (χ0) is 19.4. The Morgan fingerprint density at radius 1 is 1.19 bits per heavy atom. The maximum absolute atomic E-state index is 12.5. The number of anilines is 1. The summed E-state index contributed by atoms with van der Waals surface area (Å²) in [4.78, 5) is 18.7. The smallest absolute Gasteiger partial charge is 0.228 e. The predicted molar refractivity (Wildman–Crippen MR) is 104 cm³/mol. The molecule has 0 saturated carbocycles. The molecule has 3 rings (SSSR count). The first-order chi connectivity index (χ1) is 13.0. The van der Waals surface area contributed by atoms with Gasteiger partial charge in [-0.2, -0.15) is 4.98 Å². The monoisotopic (exact) mass is 387 g/mol. The summed E-state index contributed by atoms with van der Waals surface area (Å²) < 4.78 is 15.6. The van der Waals surface area contributed by atoms with Crippen LogP contribution in [0.5, 0.6) is 11.5 Å². The van der Waals surface area contributed by atoms with Crippen LogP contribution >= 0.6 is 11.3 Å². The fourth-order valence-corrected chi connectivity index (χ4v) is 3.46. The first-order valence-corrected chi connectivity index (χ1v) is 9.29. The summed E-state index contributed by atoms with van der Waals surface area (Å²) in [7, 11) is 3.16. The van der Waals surface area contributed by atoms with Crippen LogP contribution in [-0.2, 0) is 17.6 Å². The number of nitrogens with zero attached hydrogens (tertiary/aromatic N) is 2. The van der Waals surface area contributed by atoms with E-state index in [0.29, 0.717) is 29.6 Å². The van der Waals surface area contributed by atoms with Crippen LogP contribution in [0.4, 0.5) is 5.69 Å². The summed E-state index contributed by atoms with van der Waals surface area (Å²) in [5.41, 5.74) is 1.56. The Hall–Kier alpha value is -2.87. The summed E-state index contributed by atoms with van der Waals surface area (Å²) >= 11 is 1.51. The van der Waals surface area contributed by atoms with Gasteiger partial charge in [0, 0.05) is 17.4 Å². The van der Waals surface area contributed by atoms with E-state index in [0.717, 1.165) is 21.0 Å². The fourth-order valence-electron chi connectivity index (χ4n) is 2.56. The van der Waals surface area contributed by atoms with Gasteiger partial charge in [-0.15, -0.1) is 11.3 Å². The lowest BCUT2D eigenvalue weighted by atomic mass is 10.1. The minimum absolute atomic E-state index is 0.125. The standard InChI is InChI=1S/C19H21N3O4S/c1-5-18-21-19(22-26-18)16-10-15(11(2)27-16)20-17(23)8-12-6-13(24-3)9-14(7-12)25-4/h6-7,9-10H,5,8H2,1-4H3,(H,20,23). The van der Waals surface area contributed by atoms with Crippen LogP contribution in [0.1, 0.15) is 23.3 Å². The van der Waals surface area contributed by atoms with Crippen LogP contribution in [0.15, 0.2) is 28.8 Å². The number of rotatable bonds is 7. The molecule has 0 aliphatic rings. The van der Waals surface area contributed by atoms with Crippen LogP contribution in [0.25, 0.3) is 10.7 Å². The van der Waals surface area contributed by atoms with Crippen molar-refractivity contribution in [2.75, 3.05) is 19.5 Å². The Labute approximate surface area is 161 Å². The Kier molecular flexibility index (Phi) is 5.75. The van der Waals surface area contributed by atoms with Gasteiger partial charge in [0.25, 0.3) is 0 Å². The first-order valence-electron chi connectivity index (χ1n) is 8.47. The van der Waals surface area contributed by atoms with Crippen molar-refractivity contribution in [2.45, 2.75) is 26.7 Å². The van der Waals surface area contributed by atoms with Gasteiger partial charge in [-0.05, 0) is 30.7 Å².